The SMILES string of the molecule is CCc1n[nH]c(CC2CCN(C(=O)Nc3ccc4c(c3)OCCO4)CC2)n1. The number of nitrogens with one attached hydrogen (secondary N) is 2. The number of nitrogens with zero attached hydrogens (tertiary/aromatic N) is 3. The Bertz CT molecular complexity index is 798. The van der Waals surface area contributed by atoms with E-state index in [4.69, 9.17) is 9.47 Å². The molecule has 3 heterocycles. The van der Waals surface area contributed by atoms with E-state index in [1.807, 2.05) is 30.0 Å². The van der Waals surface area contributed by atoms with Crippen molar-refractivity contribution in [2.24, 2.45) is 5.92 Å². The zero-order valence-corrected chi connectivity index (χ0v) is 15.5. The van der Waals surface area contributed by atoms with E-state index in [2.05, 4.69) is 20.5 Å². The summed E-state index contributed by atoms with van der Waals surface area (Å²) in [7, 11) is 0. The maximum absolute atomic E-state index is 12.6. The zero-order valence-electron chi connectivity index (χ0n) is 15.5. The fourth-order valence-corrected chi connectivity index (χ4v) is 3.52. The maximum Gasteiger partial charge on any atom is 0.321 e. The molecule has 8 nitrogen and oxygen atoms in total. The van der Waals surface area contributed by atoms with Gasteiger partial charge in [0, 0.05) is 37.7 Å². The van der Waals surface area contributed by atoms with Gasteiger partial charge in [-0.1, -0.05) is 6.92 Å². The third kappa shape index (κ3) is 4.15. The molecule has 1 saturated heterocycles. The van der Waals surface area contributed by atoms with Crippen molar-refractivity contribution in [2.75, 3.05) is 31.6 Å². The Morgan fingerprint density at radius 1 is 1.26 bits per heavy atom. The van der Waals surface area contributed by atoms with Crippen LogP contribution in [0.15, 0.2) is 18.2 Å². The van der Waals surface area contributed by atoms with Crippen LogP contribution in [0.25, 0.3) is 0 Å². The highest BCUT2D eigenvalue weighted by molar-refractivity contribution is 5.89. The van der Waals surface area contributed by atoms with Crippen LogP contribution in [0.2, 0.25) is 0 Å². The van der Waals surface area contributed by atoms with Crippen LogP contribution in [0.3, 0.4) is 0 Å². The molecule has 8 heteroatoms. The van der Waals surface area contributed by atoms with Crippen molar-refractivity contribution in [3.63, 3.8) is 0 Å². The molecule has 2 amide bonds. The number of amides is 2. The van der Waals surface area contributed by atoms with Gasteiger partial charge in [0.2, 0.25) is 0 Å². The van der Waals surface area contributed by atoms with Gasteiger partial charge in [-0.15, -0.1) is 0 Å². The molecule has 4 rings (SSSR count). The second-order valence-electron chi connectivity index (χ2n) is 6.98. The molecule has 0 saturated carbocycles. The lowest BCUT2D eigenvalue weighted by Gasteiger charge is -2.31. The highest BCUT2D eigenvalue weighted by Gasteiger charge is 2.24. The van der Waals surface area contributed by atoms with E-state index in [0.717, 1.165) is 61.9 Å². The Kier molecular flexibility index (Phi) is 5.13. The molecular weight excluding hydrogens is 346 g/mol. The molecule has 0 unspecified atom stereocenters. The number of H-pyrrole nitrogens is 1. The van der Waals surface area contributed by atoms with Gasteiger partial charge in [0.25, 0.3) is 0 Å². The third-order valence-corrected chi connectivity index (χ3v) is 5.07. The van der Waals surface area contributed by atoms with Gasteiger partial charge >= 0.3 is 6.03 Å². The van der Waals surface area contributed by atoms with Crippen LogP contribution in [0, 0.1) is 5.92 Å². The van der Waals surface area contributed by atoms with Crippen molar-refractivity contribution in [1.82, 2.24) is 20.1 Å². The highest BCUT2D eigenvalue weighted by Crippen LogP contribution is 2.32. The molecule has 0 bridgehead atoms. The van der Waals surface area contributed by atoms with E-state index >= 15 is 0 Å². The summed E-state index contributed by atoms with van der Waals surface area (Å²) in [5, 5.41) is 10.2. The molecule has 0 radical (unpaired) electrons. The Morgan fingerprint density at radius 2 is 2.04 bits per heavy atom. The minimum Gasteiger partial charge on any atom is -0.486 e. The summed E-state index contributed by atoms with van der Waals surface area (Å²) >= 11 is 0. The van der Waals surface area contributed by atoms with Crippen LogP contribution in [0.5, 0.6) is 11.5 Å². The molecule has 1 aromatic heterocycles. The first-order valence-corrected chi connectivity index (χ1v) is 9.57. The lowest BCUT2D eigenvalue weighted by molar-refractivity contribution is 0.171. The Morgan fingerprint density at radius 3 is 2.78 bits per heavy atom. The van der Waals surface area contributed by atoms with Crippen LogP contribution in [-0.4, -0.2) is 52.4 Å². The molecule has 2 aliphatic rings. The van der Waals surface area contributed by atoms with E-state index in [-0.39, 0.29) is 6.03 Å². The molecule has 0 spiro atoms. The fraction of sp³-hybridized carbons (Fsp3) is 0.526. The minimum absolute atomic E-state index is 0.0712. The predicted molar refractivity (Wildman–Crippen MR) is 100 cm³/mol. The lowest BCUT2D eigenvalue weighted by Crippen LogP contribution is -2.41. The normalized spacial score (nSPS) is 17.0. The van der Waals surface area contributed by atoms with E-state index in [9.17, 15) is 4.79 Å². The number of benzene rings is 1. The second-order valence-corrected chi connectivity index (χ2v) is 6.98. The van der Waals surface area contributed by atoms with Gasteiger partial charge in [0.05, 0.1) is 0 Å². The van der Waals surface area contributed by atoms with Crippen LogP contribution in [-0.2, 0) is 12.8 Å². The first-order chi connectivity index (χ1) is 13.2. The number of hydrogen-bond acceptors (Lipinski definition) is 5. The largest absolute Gasteiger partial charge is 0.486 e. The van der Waals surface area contributed by atoms with Crippen LogP contribution in [0.1, 0.15) is 31.4 Å². The highest BCUT2D eigenvalue weighted by atomic mass is 16.6. The molecule has 2 N–H and O–H groups in total. The average Bonchev–Trinajstić information content (AvgIpc) is 3.16. The number of ether oxygens (including phenoxy) is 2. The van der Waals surface area contributed by atoms with Crippen LogP contribution in [0.4, 0.5) is 10.5 Å². The van der Waals surface area contributed by atoms with Gasteiger partial charge in [-0.25, -0.2) is 9.78 Å². The van der Waals surface area contributed by atoms with Crippen molar-refractivity contribution >= 4 is 11.7 Å². The fourth-order valence-electron chi connectivity index (χ4n) is 3.52. The first kappa shape index (κ1) is 17.6. The van der Waals surface area contributed by atoms with E-state index in [1.165, 1.54) is 0 Å². The number of anilines is 1. The number of aromatic nitrogens is 3. The number of rotatable bonds is 4. The number of fused-ring (bicyclic) bond motifs is 1. The zero-order chi connectivity index (χ0) is 18.6. The van der Waals surface area contributed by atoms with Crippen molar-refractivity contribution in [1.29, 1.82) is 0 Å². The van der Waals surface area contributed by atoms with Gasteiger partial charge in [-0.05, 0) is 30.9 Å². The Hall–Kier alpha value is -2.77. The molecule has 2 aromatic rings. The molecule has 144 valence electrons. The smallest absolute Gasteiger partial charge is 0.321 e. The van der Waals surface area contributed by atoms with Gasteiger partial charge in [0.1, 0.15) is 24.9 Å². The number of carbonyl (C=O) groups is 1. The van der Waals surface area contributed by atoms with Crippen LogP contribution < -0.4 is 14.8 Å². The third-order valence-electron chi connectivity index (χ3n) is 5.07. The number of likely N-dealkylation sites (tertiary alicyclic amines) is 1. The summed E-state index contributed by atoms with van der Waals surface area (Å²) in [4.78, 5) is 18.9. The second kappa shape index (κ2) is 7.85. The number of urea groups is 1. The van der Waals surface area contributed by atoms with Gasteiger partial charge < -0.3 is 19.7 Å². The van der Waals surface area contributed by atoms with Crippen molar-refractivity contribution in [3.05, 3.63) is 29.8 Å². The summed E-state index contributed by atoms with van der Waals surface area (Å²) in [5.74, 6) is 3.74. The molecule has 27 heavy (non-hydrogen) atoms. The number of aromatic amines is 1. The van der Waals surface area contributed by atoms with E-state index in [0.29, 0.717) is 24.9 Å². The molecule has 0 atom stereocenters. The summed E-state index contributed by atoms with van der Waals surface area (Å²) in [5.41, 5.74) is 0.722. The summed E-state index contributed by atoms with van der Waals surface area (Å²) < 4.78 is 11.1. The van der Waals surface area contributed by atoms with Crippen molar-refractivity contribution < 1.29 is 14.3 Å². The molecule has 2 aliphatic heterocycles. The number of hydrogen-bond donors (Lipinski definition) is 2. The Labute approximate surface area is 158 Å². The molecule has 1 aromatic carbocycles. The molecular formula is C19H25N5O3. The van der Waals surface area contributed by atoms with E-state index < -0.39 is 0 Å². The molecule has 0 aliphatic carbocycles. The summed E-state index contributed by atoms with van der Waals surface area (Å²) in [6, 6.07) is 5.41. The quantitative estimate of drug-likeness (QED) is 0.862. The van der Waals surface area contributed by atoms with Crippen LogP contribution >= 0.6 is 0 Å². The van der Waals surface area contributed by atoms with Gasteiger partial charge in [0.15, 0.2) is 11.5 Å². The van der Waals surface area contributed by atoms with Gasteiger partial charge in [-0.2, -0.15) is 5.10 Å². The minimum atomic E-state index is -0.0712. The monoisotopic (exact) mass is 371 g/mol. The van der Waals surface area contributed by atoms with Gasteiger partial charge in [-0.3, -0.25) is 5.10 Å². The lowest BCUT2D eigenvalue weighted by atomic mass is 9.93. The number of carbonyl (C=O) groups excluding carboxylic acids is 1. The summed E-state index contributed by atoms with van der Waals surface area (Å²) in [6.07, 6.45) is 3.67. The Balaban J connectivity index is 1.28. The topological polar surface area (TPSA) is 92.4 Å². The van der Waals surface area contributed by atoms with Crippen molar-refractivity contribution in [3.8, 4) is 11.5 Å². The number of aryl methyl sites for hydroxylation is 1. The standard InChI is InChI=1S/C19H25N5O3/c1-2-17-21-18(23-22-17)11-13-5-7-24(8-6-13)19(25)20-14-3-4-15-16(12-14)27-10-9-26-15/h3-4,12-13H,2,5-11H2,1H3,(H,20,25)(H,21,22,23). The first-order valence-electron chi connectivity index (χ1n) is 9.57. The van der Waals surface area contributed by atoms with Crippen molar-refractivity contribution in [2.45, 2.75) is 32.6 Å². The van der Waals surface area contributed by atoms with E-state index in [1.54, 1.807) is 0 Å². The average molecular weight is 371 g/mol. The predicted octanol–water partition coefficient (Wildman–Crippen LogP) is 2.62. The number of piperidine rings is 1. The maximum atomic E-state index is 12.6. The summed E-state index contributed by atoms with van der Waals surface area (Å²) in [6.45, 7) is 4.63. The molecule has 1 fully saturated rings.